The van der Waals surface area contributed by atoms with Gasteiger partial charge in [0.05, 0.1) is 13.2 Å². The molecule has 3 aliphatic rings. The van der Waals surface area contributed by atoms with Crippen LogP contribution < -0.4 is 10.2 Å². The van der Waals surface area contributed by atoms with Crippen molar-refractivity contribution in [3.05, 3.63) is 35.5 Å². The number of piperazine rings is 1. The number of ether oxygens (including phenoxy) is 1. The van der Waals surface area contributed by atoms with E-state index in [9.17, 15) is 0 Å². The molecular formula is C27H40N6O. The van der Waals surface area contributed by atoms with Crippen LogP contribution >= 0.6 is 0 Å². The zero-order valence-corrected chi connectivity index (χ0v) is 20.8. The van der Waals surface area contributed by atoms with E-state index in [1.807, 2.05) is 0 Å². The van der Waals surface area contributed by atoms with E-state index in [2.05, 4.69) is 51.3 Å². The number of fused-ring (bicyclic) bond motifs is 1. The van der Waals surface area contributed by atoms with Gasteiger partial charge in [-0.1, -0.05) is 6.42 Å². The zero-order valence-electron chi connectivity index (χ0n) is 20.8. The fourth-order valence-corrected chi connectivity index (χ4v) is 5.27. The van der Waals surface area contributed by atoms with Crippen LogP contribution in [0.4, 0.5) is 11.5 Å². The Hall–Kier alpha value is -2.22. The van der Waals surface area contributed by atoms with E-state index < -0.39 is 0 Å². The quantitative estimate of drug-likeness (QED) is 0.498. The Bertz CT molecular complexity index is 919. The van der Waals surface area contributed by atoms with Crippen molar-refractivity contribution in [2.75, 3.05) is 82.8 Å². The number of rotatable bonds is 7. The molecule has 7 nitrogen and oxygen atoms in total. The molecule has 1 aromatic carbocycles. The van der Waals surface area contributed by atoms with Gasteiger partial charge >= 0.3 is 0 Å². The minimum absolute atomic E-state index is 0.862. The predicted molar refractivity (Wildman–Crippen MR) is 139 cm³/mol. The highest BCUT2D eigenvalue weighted by molar-refractivity contribution is 5.63. The first-order valence-corrected chi connectivity index (χ1v) is 13.2. The third-order valence-electron chi connectivity index (χ3n) is 7.47. The van der Waals surface area contributed by atoms with Gasteiger partial charge in [-0.3, -0.25) is 4.90 Å². The molecule has 0 amide bonds. The van der Waals surface area contributed by atoms with Gasteiger partial charge in [-0.05, 0) is 70.0 Å². The first-order chi connectivity index (χ1) is 16.8. The summed E-state index contributed by atoms with van der Waals surface area (Å²) in [7, 11) is 2.20. The number of nitrogens with zero attached hydrogens (tertiary/aromatic N) is 5. The molecule has 0 unspecified atom stereocenters. The SMILES string of the molecule is CN1CCN(c2ccc(-c3nc4c(c(NCCCN5CCOCC5)n3)CCCCC4)cc2)CC1. The molecular weight excluding hydrogens is 424 g/mol. The Kier molecular flexibility index (Phi) is 7.94. The lowest BCUT2D eigenvalue weighted by Gasteiger charge is -2.34. The third-order valence-corrected chi connectivity index (χ3v) is 7.47. The van der Waals surface area contributed by atoms with Gasteiger partial charge in [-0.2, -0.15) is 0 Å². The molecule has 2 aromatic rings. The molecule has 0 spiro atoms. The van der Waals surface area contributed by atoms with Crippen molar-refractivity contribution in [3.8, 4) is 11.4 Å². The van der Waals surface area contributed by atoms with Crippen LogP contribution in [0.15, 0.2) is 24.3 Å². The summed E-state index contributed by atoms with van der Waals surface area (Å²) in [4.78, 5) is 17.5. The molecule has 1 N–H and O–H groups in total. The highest BCUT2D eigenvalue weighted by atomic mass is 16.5. The van der Waals surface area contributed by atoms with E-state index in [1.54, 1.807) is 0 Å². The molecule has 2 saturated heterocycles. The van der Waals surface area contributed by atoms with Gasteiger partial charge in [0.2, 0.25) is 0 Å². The minimum atomic E-state index is 0.862. The standard InChI is InChI=1S/C27H40N6O/c1-31-14-16-33(17-15-31)23-10-8-22(9-11-23)26-29-25-7-4-2-3-6-24(25)27(30-26)28-12-5-13-32-18-20-34-21-19-32/h8-11H,2-7,12-21H2,1H3,(H,28,29,30). The van der Waals surface area contributed by atoms with Crippen molar-refractivity contribution in [1.29, 1.82) is 0 Å². The van der Waals surface area contributed by atoms with Gasteiger partial charge in [0.25, 0.3) is 0 Å². The molecule has 3 heterocycles. The summed E-state index contributed by atoms with van der Waals surface area (Å²) in [5, 5.41) is 3.70. The van der Waals surface area contributed by atoms with Crippen LogP contribution in [0.5, 0.6) is 0 Å². The summed E-state index contributed by atoms with van der Waals surface area (Å²) < 4.78 is 5.47. The molecule has 0 bridgehead atoms. The normalized spacial score (nSPS) is 20.1. The van der Waals surface area contributed by atoms with Crippen molar-refractivity contribution < 1.29 is 4.74 Å². The number of anilines is 2. The van der Waals surface area contributed by atoms with Crippen molar-refractivity contribution in [3.63, 3.8) is 0 Å². The Labute approximate surface area is 204 Å². The van der Waals surface area contributed by atoms with Crippen LogP contribution in [-0.4, -0.2) is 92.4 Å². The summed E-state index contributed by atoms with van der Waals surface area (Å²) in [6.07, 6.45) is 7.01. The molecule has 5 rings (SSSR count). The molecule has 0 atom stereocenters. The Morgan fingerprint density at radius 2 is 1.65 bits per heavy atom. The lowest BCUT2D eigenvalue weighted by molar-refractivity contribution is 0.0378. The maximum Gasteiger partial charge on any atom is 0.161 e. The summed E-state index contributed by atoms with van der Waals surface area (Å²) >= 11 is 0. The fourth-order valence-electron chi connectivity index (χ4n) is 5.27. The number of benzene rings is 1. The molecule has 1 aromatic heterocycles. The van der Waals surface area contributed by atoms with Crippen molar-refractivity contribution in [2.24, 2.45) is 0 Å². The average Bonchev–Trinajstić information content (AvgIpc) is 3.13. The molecule has 0 radical (unpaired) electrons. The molecule has 34 heavy (non-hydrogen) atoms. The molecule has 7 heteroatoms. The Balaban J connectivity index is 1.29. The van der Waals surface area contributed by atoms with E-state index in [0.717, 1.165) is 102 Å². The van der Waals surface area contributed by atoms with Crippen LogP contribution in [0.3, 0.4) is 0 Å². The van der Waals surface area contributed by atoms with Crippen LogP contribution in [0, 0.1) is 0 Å². The van der Waals surface area contributed by atoms with E-state index in [1.165, 1.54) is 36.2 Å². The first kappa shape index (κ1) is 23.5. The molecule has 1 aliphatic carbocycles. The number of morpholine rings is 1. The summed E-state index contributed by atoms with van der Waals surface area (Å²) in [6, 6.07) is 8.89. The largest absolute Gasteiger partial charge is 0.379 e. The Morgan fingerprint density at radius 1 is 0.882 bits per heavy atom. The Morgan fingerprint density at radius 3 is 2.44 bits per heavy atom. The molecule has 2 aliphatic heterocycles. The highest BCUT2D eigenvalue weighted by Crippen LogP contribution is 2.29. The summed E-state index contributed by atoms with van der Waals surface area (Å²) in [5.41, 5.74) is 5.01. The second-order valence-corrected chi connectivity index (χ2v) is 9.95. The third kappa shape index (κ3) is 5.88. The van der Waals surface area contributed by atoms with Crippen molar-refractivity contribution in [2.45, 2.75) is 38.5 Å². The molecule has 184 valence electrons. The second kappa shape index (κ2) is 11.5. The number of likely N-dealkylation sites (N-methyl/N-ethyl adjacent to an activating group) is 1. The van der Waals surface area contributed by atoms with Crippen molar-refractivity contribution in [1.82, 2.24) is 19.8 Å². The number of hydrogen-bond donors (Lipinski definition) is 1. The van der Waals surface area contributed by atoms with Gasteiger partial charge in [-0.25, -0.2) is 9.97 Å². The maximum atomic E-state index is 5.47. The number of hydrogen-bond acceptors (Lipinski definition) is 7. The molecule has 0 saturated carbocycles. The van der Waals surface area contributed by atoms with Crippen LogP contribution in [-0.2, 0) is 17.6 Å². The van der Waals surface area contributed by atoms with Crippen LogP contribution in [0.25, 0.3) is 11.4 Å². The zero-order chi connectivity index (χ0) is 23.2. The monoisotopic (exact) mass is 464 g/mol. The minimum Gasteiger partial charge on any atom is -0.379 e. The first-order valence-electron chi connectivity index (χ1n) is 13.2. The van der Waals surface area contributed by atoms with Crippen LogP contribution in [0.1, 0.15) is 36.9 Å². The summed E-state index contributed by atoms with van der Waals surface area (Å²) in [6.45, 7) is 10.3. The van der Waals surface area contributed by atoms with Crippen LogP contribution in [0.2, 0.25) is 0 Å². The number of aromatic nitrogens is 2. The smallest absolute Gasteiger partial charge is 0.161 e. The van der Waals surface area contributed by atoms with Gasteiger partial charge < -0.3 is 19.9 Å². The number of aryl methyl sites for hydroxylation is 1. The van der Waals surface area contributed by atoms with E-state index in [-0.39, 0.29) is 0 Å². The number of nitrogens with one attached hydrogen (secondary N) is 1. The maximum absolute atomic E-state index is 5.47. The summed E-state index contributed by atoms with van der Waals surface area (Å²) in [5.74, 6) is 1.92. The lowest BCUT2D eigenvalue weighted by Crippen LogP contribution is -2.44. The van der Waals surface area contributed by atoms with Gasteiger partial charge in [0, 0.05) is 68.3 Å². The fraction of sp³-hybridized carbons (Fsp3) is 0.630. The van der Waals surface area contributed by atoms with E-state index >= 15 is 0 Å². The average molecular weight is 465 g/mol. The van der Waals surface area contributed by atoms with Crippen molar-refractivity contribution >= 4 is 11.5 Å². The van der Waals surface area contributed by atoms with Gasteiger partial charge in [-0.15, -0.1) is 0 Å². The van der Waals surface area contributed by atoms with E-state index in [4.69, 9.17) is 14.7 Å². The topological polar surface area (TPSA) is 56.8 Å². The predicted octanol–water partition coefficient (Wildman–Crippen LogP) is 3.30. The molecule has 2 fully saturated rings. The van der Waals surface area contributed by atoms with Gasteiger partial charge in [0.1, 0.15) is 5.82 Å². The van der Waals surface area contributed by atoms with Gasteiger partial charge in [0.15, 0.2) is 5.82 Å². The second-order valence-electron chi connectivity index (χ2n) is 9.95. The highest BCUT2D eigenvalue weighted by Gasteiger charge is 2.19. The van der Waals surface area contributed by atoms with E-state index in [0.29, 0.717) is 0 Å². The lowest BCUT2D eigenvalue weighted by atomic mass is 10.1.